The van der Waals surface area contributed by atoms with Gasteiger partial charge in [0, 0.05) is 70.2 Å². The zero-order valence-corrected chi connectivity index (χ0v) is 40.6. The van der Waals surface area contributed by atoms with Gasteiger partial charge >= 0.3 is 12.1 Å². The maximum Gasteiger partial charge on any atom is 0.410 e. The third-order valence-electron chi connectivity index (χ3n) is 13.1. The topological polar surface area (TPSA) is 201 Å². The summed E-state index contributed by atoms with van der Waals surface area (Å²) in [5.74, 6) is -3.84. The van der Waals surface area contributed by atoms with Crippen LogP contribution in [0.4, 0.5) is 8.68 Å². The largest absolute Gasteiger partial charge is 0.458 e. The first-order valence-electron chi connectivity index (χ1n) is 22.2. The molecular formula is C44H71FN8O10S. The molecule has 2 amide bonds. The highest BCUT2D eigenvalue weighted by Crippen LogP contribution is 2.41. The lowest BCUT2D eigenvalue weighted by atomic mass is 9.78. The Morgan fingerprint density at radius 2 is 1.75 bits per heavy atom. The molecule has 2 aromatic rings. The number of rotatable bonds is 11. The van der Waals surface area contributed by atoms with E-state index in [-0.39, 0.29) is 55.6 Å². The minimum atomic E-state index is -1.40. The van der Waals surface area contributed by atoms with Crippen LogP contribution in [0, 0.1) is 17.8 Å². The average Bonchev–Trinajstić information content (AvgIpc) is 3.83. The average molecular weight is 923 g/mol. The first-order chi connectivity index (χ1) is 30.2. The number of likely N-dealkylation sites (N-methyl/N-ethyl adjacent to an activating group) is 1. The van der Waals surface area contributed by atoms with Crippen LogP contribution < -0.4 is 0 Å². The van der Waals surface area contributed by atoms with Crippen LogP contribution in [0.25, 0.3) is 11.4 Å². The summed E-state index contributed by atoms with van der Waals surface area (Å²) in [7, 11) is 5.30. The Bertz CT molecular complexity index is 1850. The Balaban J connectivity index is 0.00000291. The molecule has 1 N–H and O–H groups in total. The molecule has 5 rings (SSSR count). The van der Waals surface area contributed by atoms with Crippen molar-refractivity contribution in [3.05, 3.63) is 24.5 Å². The lowest BCUT2D eigenvalue weighted by Crippen LogP contribution is -2.62. The van der Waals surface area contributed by atoms with E-state index < -0.39 is 77.6 Å². The van der Waals surface area contributed by atoms with E-state index in [1.54, 1.807) is 52.9 Å². The lowest BCUT2D eigenvalue weighted by molar-refractivity contribution is -0.295. The van der Waals surface area contributed by atoms with Crippen LogP contribution >= 0.6 is 12.1 Å². The molecule has 3 fully saturated rings. The summed E-state index contributed by atoms with van der Waals surface area (Å²) in [6.45, 7) is 17.0. The van der Waals surface area contributed by atoms with Gasteiger partial charge in [-0.15, -0.1) is 10.2 Å². The number of carbonyl (C=O) groups is 4. The summed E-state index contributed by atoms with van der Waals surface area (Å²) in [4.78, 5) is 61.6. The summed E-state index contributed by atoms with van der Waals surface area (Å²) in [6.07, 6.45) is 2.18. The number of unbranched alkanes of at least 4 members (excludes halogenated alkanes) is 1. The zero-order valence-electron chi connectivity index (χ0n) is 39.8. The summed E-state index contributed by atoms with van der Waals surface area (Å²) < 4.78 is 43.5. The van der Waals surface area contributed by atoms with Crippen LogP contribution in [0.15, 0.2) is 24.5 Å². The molecule has 0 aromatic carbocycles. The summed E-state index contributed by atoms with van der Waals surface area (Å²) >= 11 is 0.250. The molecule has 20 heteroatoms. The molecule has 18 nitrogen and oxygen atoms in total. The van der Waals surface area contributed by atoms with Crippen LogP contribution in [0.2, 0.25) is 0 Å². The van der Waals surface area contributed by atoms with Crippen LogP contribution in [-0.2, 0) is 44.6 Å². The molecule has 3 unspecified atom stereocenters. The molecule has 2 aromatic heterocycles. The molecule has 0 aliphatic carbocycles. The number of hydrogen-bond donors (Lipinski definition) is 1. The van der Waals surface area contributed by atoms with Crippen molar-refractivity contribution in [2.24, 2.45) is 17.8 Å². The highest BCUT2D eigenvalue weighted by atomic mass is 32.2. The number of aliphatic hydroxyl groups excluding tert-OH is 1. The first-order valence-corrected chi connectivity index (χ1v) is 23.3. The molecule has 0 radical (unpaired) electrons. The van der Waals surface area contributed by atoms with Crippen molar-refractivity contribution in [1.82, 2.24) is 39.9 Å². The van der Waals surface area contributed by atoms with Gasteiger partial charge in [0.05, 0.1) is 36.1 Å². The molecule has 0 saturated carbocycles. The van der Waals surface area contributed by atoms with E-state index in [1.807, 2.05) is 53.6 Å². The van der Waals surface area contributed by atoms with Crippen molar-refractivity contribution in [3.8, 4) is 11.4 Å². The van der Waals surface area contributed by atoms with Crippen molar-refractivity contribution >= 4 is 35.9 Å². The fourth-order valence-corrected chi connectivity index (χ4v) is 9.73. The van der Waals surface area contributed by atoms with Crippen LogP contribution in [0.5, 0.6) is 0 Å². The van der Waals surface area contributed by atoms with E-state index in [0.717, 1.165) is 0 Å². The van der Waals surface area contributed by atoms with Crippen molar-refractivity contribution < 1.29 is 51.9 Å². The Morgan fingerprint density at radius 1 is 1.08 bits per heavy atom. The Morgan fingerprint density at radius 3 is 2.34 bits per heavy atom. The molecule has 3 saturated heterocycles. The van der Waals surface area contributed by atoms with Crippen LogP contribution in [0.3, 0.4) is 0 Å². The van der Waals surface area contributed by atoms with Crippen molar-refractivity contribution in [2.45, 2.75) is 161 Å². The highest BCUT2D eigenvalue weighted by molar-refractivity contribution is 7.93. The number of esters is 1. The number of methoxy groups -OCH3 is 1. The second-order valence-corrected chi connectivity index (χ2v) is 18.4. The van der Waals surface area contributed by atoms with Crippen LogP contribution in [-0.4, -0.2) is 169 Å². The number of aliphatic hydroxyl groups is 1. The van der Waals surface area contributed by atoms with E-state index in [2.05, 4.69) is 20.5 Å². The third-order valence-corrected chi connectivity index (χ3v) is 13.1. The second-order valence-electron chi connectivity index (χ2n) is 18.1. The number of halogens is 1. The molecular weight excluding hydrogens is 852 g/mol. The molecule has 5 heterocycles. The monoisotopic (exact) mass is 922 g/mol. The highest BCUT2D eigenvalue weighted by Gasteiger charge is 2.60. The predicted octanol–water partition coefficient (Wildman–Crippen LogP) is 4.98. The van der Waals surface area contributed by atoms with Gasteiger partial charge < -0.3 is 38.6 Å². The summed E-state index contributed by atoms with van der Waals surface area (Å²) in [5.41, 5.74) is -1.36. The molecule has 3 aliphatic heterocycles. The Labute approximate surface area is 381 Å². The molecule has 64 heavy (non-hydrogen) atoms. The fourth-order valence-electron chi connectivity index (χ4n) is 9.73. The van der Waals surface area contributed by atoms with E-state index >= 15 is 0 Å². The van der Waals surface area contributed by atoms with Gasteiger partial charge in [0.2, 0.25) is 5.91 Å². The van der Waals surface area contributed by atoms with E-state index in [4.69, 9.17) is 23.7 Å². The zero-order chi connectivity index (χ0) is 47.7. The summed E-state index contributed by atoms with van der Waals surface area (Å²) in [5, 5.41) is 28.0. The van der Waals surface area contributed by atoms with Gasteiger partial charge in [-0.05, 0) is 98.9 Å². The molecule has 0 spiro atoms. The number of carbonyl (C=O) groups excluding carboxylic acids is 4. The molecule has 13 atom stereocenters. The maximum absolute atomic E-state index is 14.5. The third kappa shape index (κ3) is 12.1. The van der Waals surface area contributed by atoms with Gasteiger partial charge in [-0.1, -0.05) is 26.0 Å². The van der Waals surface area contributed by atoms with Gasteiger partial charge in [0.25, 0.3) is 0 Å². The van der Waals surface area contributed by atoms with Gasteiger partial charge in [0.1, 0.15) is 29.5 Å². The molecule has 360 valence electrons. The van der Waals surface area contributed by atoms with Crippen LogP contribution in [0.1, 0.15) is 94.4 Å². The van der Waals surface area contributed by atoms with Gasteiger partial charge in [-0.25, -0.2) is 4.79 Å². The number of ketones is 1. The standard InChI is InChI=1S/C43H68N8O10.CH3FS/c1-13-34-43(9)37(50(41(56)61-43)20-15-14-19-49-24-32(46-47-49)31-17-16-18-44-45-31)29(6)51(30(7)52)23-25(2)22-42(8,57-12)38(27(4)35(53)28(5)39(55)59-34)60-40-36(54)33(48(10)11)21-26(3)58-40;1-3-2/h16-18,24-29,33-34,36-38,40,54H,13-15,19-23H2,1-12H3;1H3/t25-,26?,27+,28-,29-,33?,34-,36?,37-,38-,40+,42-,43-;/m1./s1. The smallest absolute Gasteiger partial charge is 0.410 e. The predicted molar refractivity (Wildman–Crippen MR) is 237 cm³/mol. The normalized spacial score (nSPS) is 34.2. The van der Waals surface area contributed by atoms with E-state index in [1.165, 1.54) is 27.2 Å². The van der Waals surface area contributed by atoms with Crippen molar-refractivity contribution in [1.29, 1.82) is 0 Å². The molecule has 3 aliphatic rings. The fraction of sp³-hybridized carbons (Fsp3) is 0.773. The quantitative estimate of drug-likeness (QED) is 0.179. The number of cyclic esters (lactones) is 1. The van der Waals surface area contributed by atoms with Crippen molar-refractivity contribution in [2.75, 3.05) is 40.6 Å². The maximum atomic E-state index is 14.5. The van der Waals surface area contributed by atoms with E-state index in [9.17, 15) is 28.2 Å². The van der Waals surface area contributed by atoms with Gasteiger partial charge in [-0.3, -0.25) is 24.0 Å². The number of aromatic nitrogens is 5. The number of hydrogen-bond acceptors (Lipinski definition) is 16. The van der Waals surface area contributed by atoms with Crippen molar-refractivity contribution in [3.63, 3.8) is 0 Å². The SMILES string of the molecule is CC[C@H]1OC(=O)[C@H](C)C(=O)[C@H](C)[C@@H](O[C@@H]2OC(C)CC(N(C)C)C2O)[C@](C)(OC)C[C@@H](C)CN(C(C)=O)[C@H](C)[C@H]2N(CCCCn3cc(-c4cccnn4)nn3)C(=O)O[C@]12C.CSF. The minimum Gasteiger partial charge on any atom is -0.458 e. The Hall–Kier alpha value is -3.82. The minimum absolute atomic E-state index is 0.216. The van der Waals surface area contributed by atoms with E-state index in [0.29, 0.717) is 43.6 Å². The number of fused-ring (bicyclic) bond motifs is 1. The number of nitrogens with zero attached hydrogens (tertiary/aromatic N) is 8. The first kappa shape index (κ1) is 52.8. The van der Waals surface area contributed by atoms with Gasteiger partial charge in [0.15, 0.2) is 17.7 Å². The second kappa shape index (κ2) is 23.1. The number of Topliss-reactive ketones (excluding diaryl/α,β-unsaturated/α-hetero) is 1. The number of aryl methyl sites for hydroxylation is 1. The molecule has 0 bridgehead atoms. The Kier molecular flexibility index (Phi) is 19.0. The van der Waals surface area contributed by atoms with Gasteiger partial charge in [-0.2, -0.15) is 8.98 Å². The number of ether oxygens (including phenoxy) is 5. The number of amides is 2. The lowest BCUT2D eigenvalue weighted by Gasteiger charge is -2.47. The summed E-state index contributed by atoms with van der Waals surface area (Å²) in [6, 6.07) is 1.97.